The minimum absolute atomic E-state index is 0.565. The molecule has 0 rings (SSSR count). The number of unbranched alkanes of at least 4 members (excludes halogenated alkanes) is 2. The highest BCUT2D eigenvalue weighted by molar-refractivity contribution is 5.23. The number of nitrogens with zero attached hydrogens (tertiary/aromatic N) is 2. The Balaban J connectivity index is 3.99. The number of hydrogen-bond acceptors (Lipinski definition) is 3. The summed E-state index contributed by atoms with van der Waals surface area (Å²) in [6.07, 6.45) is 6.48. The first-order valence-electron chi connectivity index (χ1n) is 5.79. The summed E-state index contributed by atoms with van der Waals surface area (Å²) in [5.41, 5.74) is 6.80. The molecular formula is C12H25N3. The van der Waals surface area contributed by atoms with E-state index >= 15 is 0 Å². The van der Waals surface area contributed by atoms with Crippen LogP contribution in [0.3, 0.4) is 0 Å². The van der Waals surface area contributed by atoms with E-state index in [1.54, 1.807) is 0 Å². The molecule has 0 atom stereocenters. The molecule has 0 spiro atoms. The van der Waals surface area contributed by atoms with Gasteiger partial charge in [-0.15, -0.1) is 0 Å². The molecule has 0 unspecified atom stereocenters. The van der Waals surface area contributed by atoms with Gasteiger partial charge in [0.05, 0.1) is 0 Å². The van der Waals surface area contributed by atoms with Crippen LogP contribution in [0.25, 0.3) is 0 Å². The van der Waals surface area contributed by atoms with Gasteiger partial charge in [0.25, 0.3) is 0 Å². The van der Waals surface area contributed by atoms with Crippen LogP contribution in [0, 0.1) is 5.92 Å². The lowest BCUT2D eigenvalue weighted by Gasteiger charge is -2.17. The smallest absolute Gasteiger partial charge is 0.0432 e. The third-order valence-corrected chi connectivity index (χ3v) is 2.12. The molecule has 88 valence electrons. The first-order chi connectivity index (χ1) is 7.10. The van der Waals surface area contributed by atoms with Gasteiger partial charge in [-0.2, -0.15) is 5.10 Å². The van der Waals surface area contributed by atoms with Crippen molar-refractivity contribution < 1.29 is 0 Å². The van der Waals surface area contributed by atoms with Crippen molar-refractivity contribution in [3.8, 4) is 0 Å². The molecule has 0 amide bonds. The van der Waals surface area contributed by atoms with Crippen molar-refractivity contribution >= 4 is 6.72 Å². The molecule has 0 aliphatic carbocycles. The van der Waals surface area contributed by atoms with Crippen LogP contribution in [0.1, 0.15) is 46.5 Å². The zero-order chi connectivity index (χ0) is 11.7. The summed E-state index contributed by atoms with van der Waals surface area (Å²) < 4.78 is 0. The predicted molar refractivity (Wildman–Crippen MR) is 67.5 cm³/mol. The number of allylic oxidation sites excluding steroid dienone is 1. The summed E-state index contributed by atoms with van der Waals surface area (Å²) in [4.78, 5) is 0. The predicted octanol–water partition coefficient (Wildman–Crippen LogP) is 2.94. The number of nitrogens with two attached hydrogens (primary N) is 1. The normalized spacial score (nSPS) is 11.9. The van der Waals surface area contributed by atoms with Gasteiger partial charge in [0.15, 0.2) is 0 Å². The molecule has 0 saturated carbocycles. The van der Waals surface area contributed by atoms with Gasteiger partial charge in [-0.05, 0) is 18.8 Å². The maximum absolute atomic E-state index is 5.90. The van der Waals surface area contributed by atoms with Crippen molar-refractivity contribution in [2.75, 3.05) is 6.54 Å². The fourth-order valence-corrected chi connectivity index (χ4v) is 1.36. The van der Waals surface area contributed by atoms with E-state index in [1.807, 2.05) is 11.2 Å². The molecule has 3 nitrogen and oxygen atoms in total. The van der Waals surface area contributed by atoms with Gasteiger partial charge in [0, 0.05) is 25.2 Å². The maximum Gasteiger partial charge on any atom is 0.0432 e. The topological polar surface area (TPSA) is 41.6 Å². The van der Waals surface area contributed by atoms with Crippen LogP contribution in [0.5, 0.6) is 0 Å². The molecule has 0 fully saturated rings. The summed E-state index contributed by atoms with van der Waals surface area (Å²) in [6, 6.07) is 0. The molecule has 0 saturated heterocycles. The van der Waals surface area contributed by atoms with Crippen molar-refractivity contribution in [1.82, 2.24) is 5.01 Å². The third-order valence-electron chi connectivity index (χ3n) is 2.12. The minimum Gasteiger partial charge on any atom is -0.401 e. The summed E-state index contributed by atoms with van der Waals surface area (Å²) in [6.45, 7) is 10.9. The Morgan fingerprint density at radius 1 is 1.47 bits per heavy atom. The molecule has 0 aromatic heterocycles. The Kier molecular flexibility index (Phi) is 7.78. The van der Waals surface area contributed by atoms with Crippen LogP contribution in [0.2, 0.25) is 0 Å². The monoisotopic (exact) mass is 211 g/mol. The van der Waals surface area contributed by atoms with Gasteiger partial charge in [0.1, 0.15) is 0 Å². The van der Waals surface area contributed by atoms with Gasteiger partial charge in [-0.25, -0.2) is 0 Å². The van der Waals surface area contributed by atoms with E-state index in [4.69, 9.17) is 5.73 Å². The van der Waals surface area contributed by atoms with Crippen LogP contribution in [0.15, 0.2) is 17.0 Å². The molecule has 0 bridgehead atoms. The van der Waals surface area contributed by atoms with E-state index in [9.17, 15) is 0 Å². The summed E-state index contributed by atoms with van der Waals surface area (Å²) in [5, 5.41) is 5.75. The number of rotatable bonds is 8. The van der Waals surface area contributed by atoms with Gasteiger partial charge in [-0.3, -0.25) is 5.01 Å². The van der Waals surface area contributed by atoms with E-state index in [-0.39, 0.29) is 0 Å². The lowest BCUT2D eigenvalue weighted by atomic mass is 10.2. The molecule has 2 N–H and O–H groups in total. The first-order valence-corrected chi connectivity index (χ1v) is 5.79. The molecule has 15 heavy (non-hydrogen) atoms. The average Bonchev–Trinajstić information content (AvgIpc) is 2.16. The minimum atomic E-state index is 0.565. The standard InChI is InChI=1S/C12H25N3/c1-5-6-7-8-12(13)10-15(14-4)9-11(2)3/h10-11H,4-9,13H2,1-3H3/b12-10-. The molecule has 0 aliphatic heterocycles. The molecular weight excluding hydrogens is 186 g/mol. The van der Waals surface area contributed by atoms with E-state index in [2.05, 4.69) is 32.6 Å². The highest BCUT2D eigenvalue weighted by Crippen LogP contribution is 2.07. The molecule has 0 radical (unpaired) electrons. The van der Waals surface area contributed by atoms with Crippen molar-refractivity contribution in [1.29, 1.82) is 0 Å². The molecule has 0 heterocycles. The Morgan fingerprint density at radius 2 is 2.13 bits per heavy atom. The number of hydrazone groups is 1. The molecule has 0 aromatic carbocycles. The van der Waals surface area contributed by atoms with Crippen molar-refractivity contribution in [2.24, 2.45) is 16.8 Å². The van der Waals surface area contributed by atoms with E-state index in [0.717, 1.165) is 25.1 Å². The van der Waals surface area contributed by atoms with Crippen LogP contribution < -0.4 is 5.73 Å². The Bertz CT molecular complexity index is 197. The number of hydrogen-bond donors (Lipinski definition) is 1. The fourth-order valence-electron chi connectivity index (χ4n) is 1.36. The van der Waals surface area contributed by atoms with E-state index in [1.165, 1.54) is 12.8 Å². The van der Waals surface area contributed by atoms with Crippen LogP contribution in [-0.4, -0.2) is 18.3 Å². The maximum atomic E-state index is 5.90. The third kappa shape index (κ3) is 8.03. The molecule has 0 aromatic rings. The zero-order valence-electron chi connectivity index (χ0n) is 10.4. The highest BCUT2D eigenvalue weighted by atomic mass is 15.4. The van der Waals surface area contributed by atoms with Crippen LogP contribution >= 0.6 is 0 Å². The van der Waals surface area contributed by atoms with Crippen molar-refractivity contribution in [3.05, 3.63) is 11.9 Å². The van der Waals surface area contributed by atoms with Gasteiger partial charge in [-0.1, -0.05) is 33.6 Å². The second kappa shape index (κ2) is 8.33. The van der Waals surface area contributed by atoms with Crippen molar-refractivity contribution in [3.63, 3.8) is 0 Å². The summed E-state index contributed by atoms with van der Waals surface area (Å²) >= 11 is 0. The van der Waals surface area contributed by atoms with Gasteiger partial charge in [0.2, 0.25) is 0 Å². The van der Waals surface area contributed by atoms with E-state index < -0.39 is 0 Å². The van der Waals surface area contributed by atoms with E-state index in [0.29, 0.717) is 5.92 Å². The first kappa shape index (κ1) is 14.0. The lowest BCUT2D eigenvalue weighted by molar-refractivity contribution is 0.345. The fraction of sp³-hybridized carbons (Fsp3) is 0.750. The lowest BCUT2D eigenvalue weighted by Crippen LogP contribution is -2.18. The molecule has 0 aliphatic rings. The summed E-state index contributed by atoms with van der Waals surface area (Å²) in [7, 11) is 0. The zero-order valence-corrected chi connectivity index (χ0v) is 10.4. The Hall–Kier alpha value is -0.990. The second-order valence-corrected chi connectivity index (χ2v) is 4.32. The molecule has 3 heteroatoms. The summed E-state index contributed by atoms with van der Waals surface area (Å²) in [5.74, 6) is 0.565. The Labute approximate surface area is 94.0 Å². The largest absolute Gasteiger partial charge is 0.401 e. The SMILES string of the molecule is C=NN(/C=C(\N)CCCCC)CC(C)C. The highest BCUT2D eigenvalue weighted by Gasteiger charge is 2.01. The van der Waals surface area contributed by atoms with Crippen molar-refractivity contribution in [2.45, 2.75) is 46.5 Å². The Morgan fingerprint density at radius 3 is 2.60 bits per heavy atom. The van der Waals surface area contributed by atoms with Gasteiger partial charge < -0.3 is 5.73 Å². The van der Waals surface area contributed by atoms with Crippen LogP contribution in [0.4, 0.5) is 0 Å². The quantitative estimate of drug-likeness (QED) is 0.381. The average molecular weight is 211 g/mol. The van der Waals surface area contributed by atoms with Gasteiger partial charge >= 0.3 is 0 Å². The second-order valence-electron chi connectivity index (χ2n) is 4.32. The van der Waals surface area contributed by atoms with Crippen LogP contribution in [-0.2, 0) is 0 Å².